The normalized spacial score (nSPS) is 9.44. The van der Waals surface area contributed by atoms with Gasteiger partial charge in [0.2, 0.25) is 0 Å². The van der Waals surface area contributed by atoms with E-state index >= 15 is 0 Å². The largest absolute Gasteiger partial charge is 0.0901 e. The molecule has 18 heavy (non-hydrogen) atoms. The number of benzene rings is 1. The fourth-order valence-corrected chi connectivity index (χ4v) is 5.23. The zero-order valence-electron chi connectivity index (χ0n) is 11.4. The third-order valence-corrected chi connectivity index (χ3v) is 7.68. The van der Waals surface area contributed by atoms with E-state index in [0.717, 1.165) is 0 Å². The SMILES string of the molecule is CC[As](CC)c1cccc(OC(=O)NC)c1.CI. The van der Waals surface area contributed by atoms with E-state index in [1.54, 1.807) is 7.05 Å². The Bertz CT molecular complexity index is 357. The molecule has 0 saturated carbocycles. The maximum atomic E-state index is 11.1. The Morgan fingerprint density at radius 3 is 2.44 bits per heavy atom. The average Bonchev–Trinajstić information content (AvgIpc) is 2.43. The topological polar surface area (TPSA) is 38.3 Å². The van der Waals surface area contributed by atoms with Gasteiger partial charge in [-0.2, -0.15) is 0 Å². The van der Waals surface area contributed by atoms with Gasteiger partial charge in [0.15, 0.2) is 0 Å². The van der Waals surface area contributed by atoms with E-state index in [-0.39, 0.29) is 0 Å². The van der Waals surface area contributed by atoms with E-state index in [9.17, 15) is 4.79 Å². The zero-order valence-corrected chi connectivity index (χ0v) is 15.4. The minimum atomic E-state index is -0.913. The number of alkyl halides is 1. The maximum Gasteiger partial charge on any atom is -0.0121 e. The maximum absolute atomic E-state index is 11.1. The molecule has 0 aromatic heterocycles. The number of rotatable bonds is 4. The van der Waals surface area contributed by atoms with Crippen molar-refractivity contribution in [2.24, 2.45) is 0 Å². The van der Waals surface area contributed by atoms with E-state index in [1.165, 1.54) is 14.8 Å². The summed E-state index contributed by atoms with van der Waals surface area (Å²) in [6, 6.07) is 7.92. The number of hydrogen-bond acceptors (Lipinski definition) is 2. The molecule has 0 bridgehead atoms. The molecule has 102 valence electrons. The molecule has 5 heteroatoms. The molecule has 1 amide bonds. The van der Waals surface area contributed by atoms with Crippen LogP contribution in [0, 0.1) is 0 Å². The summed E-state index contributed by atoms with van der Waals surface area (Å²) in [6.45, 7) is 4.46. The van der Waals surface area contributed by atoms with E-state index in [0.29, 0.717) is 5.75 Å². The van der Waals surface area contributed by atoms with E-state index in [2.05, 4.69) is 47.8 Å². The molecule has 0 fully saturated rings. The fourth-order valence-electron chi connectivity index (χ4n) is 1.49. The monoisotopic (exact) mass is 425 g/mol. The van der Waals surface area contributed by atoms with Gasteiger partial charge in [0.1, 0.15) is 0 Å². The third-order valence-electron chi connectivity index (χ3n) is 2.36. The summed E-state index contributed by atoms with van der Waals surface area (Å²) in [7, 11) is 1.56. The summed E-state index contributed by atoms with van der Waals surface area (Å²) < 4.78 is 6.49. The summed E-state index contributed by atoms with van der Waals surface area (Å²) in [4.78, 5) is 13.1. The molecule has 0 aliphatic heterocycles. The molecule has 0 spiro atoms. The summed E-state index contributed by atoms with van der Waals surface area (Å²) >= 11 is 1.24. The fraction of sp³-hybridized carbons (Fsp3) is 0.462. The average molecular weight is 425 g/mol. The number of carbonyl (C=O) groups excluding carboxylic acids is 1. The Morgan fingerprint density at radius 2 is 1.94 bits per heavy atom. The molecular weight excluding hydrogens is 404 g/mol. The molecule has 1 N–H and O–H groups in total. The summed E-state index contributed by atoms with van der Waals surface area (Å²) in [5, 5.41) is 4.93. The van der Waals surface area contributed by atoms with Crippen molar-refractivity contribution in [1.82, 2.24) is 5.32 Å². The van der Waals surface area contributed by atoms with Crippen LogP contribution in [0.2, 0.25) is 10.4 Å². The predicted molar refractivity (Wildman–Crippen MR) is 87.8 cm³/mol. The van der Waals surface area contributed by atoms with Crippen molar-refractivity contribution >= 4 is 47.7 Å². The van der Waals surface area contributed by atoms with Gasteiger partial charge in [-0.25, -0.2) is 0 Å². The Labute approximate surface area is 128 Å². The minimum Gasteiger partial charge on any atom is -0.0901 e. The van der Waals surface area contributed by atoms with Gasteiger partial charge in [-0.15, -0.1) is 0 Å². The zero-order chi connectivity index (χ0) is 14.0. The molecule has 0 atom stereocenters. The van der Waals surface area contributed by atoms with E-state index in [1.807, 2.05) is 23.1 Å². The molecule has 0 heterocycles. The van der Waals surface area contributed by atoms with Crippen LogP contribution < -0.4 is 14.4 Å². The Morgan fingerprint density at radius 1 is 1.33 bits per heavy atom. The van der Waals surface area contributed by atoms with Crippen LogP contribution in [0.4, 0.5) is 4.79 Å². The van der Waals surface area contributed by atoms with Gasteiger partial charge in [-0.3, -0.25) is 0 Å². The second kappa shape index (κ2) is 10.7. The van der Waals surface area contributed by atoms with Crippen LogP contribution in [0.1, 0.15) is 13.8 Å². The molecule has 0 aliphatic rings. The Kier molecular flexibility index (Phi) is 10.5. The number of halogens is 1. The number of nitrogens with one attached hydrogen (secondary N) is 1. The molecule has 3 nitrogen and oxygen atoms in total. The van der Waals surface area contributed by atoms with Crippen LogP contribution in [0.15, 0.2) is 24.3 Å². The van der Waals surface area contributed by atoms with Crippen LogP contribution in [0.5, 0.6) is 5.75 Å². The molecule has 1 aromatic rings. The number of ether oxygens (including phenoxy) is 1. The molecule has 0 radical (unpaired) electrons. The Hall–Kier alpha value is -0.222. The standard InChI is InChI=1S/C12H18AsNO2.CH3I/c1-4-13(5-2)10-7-6-8-11(9-10)16-12(15)14-3;1-2/h6-9H,4-5H2,1-3H3,(H,14,15);1H3. The van der Waals surface area contributed by atoms with Gasteiger partial charge in [0.25, 0.3) is 0 Å². The first-order valence-corrected chi connectivity index (χ1v) is 11.6. The molecule has 0 unspecified atom stereocenters. The molecule has 1 aromatic carbocycles. The van der Waals surface area contributed by atoms with Gasteiger partial charge in [0.05, 0.1) is 0 Å². The smallest absolute Gasteiger partial charge is 0.0121 e. The Balaban J connectivity index is 0.00000137. The molecule has 0 aliphatic carbocycles. The molecule has 1 rings (SSSR count). The van der Waals surface area contributed by atoms with Gasteiger partial charge < -0.3 is 0 Å². The first-order valence-electron chi connectivity index (χ1n) is 5.83. The van der Waals surface area contributed by atoms with Crippen molar-refractivity contribution in [2.45, 2.75) is 24.3 Å². The van der Waals surface area contributed by atoms with E-state index in [4.69, 9.17) is 4.74 Å². The van der Waals surface area contributed by atoms with E-state index < -0.39 is 20.7 Å². The second-order valence-electron chi connectivity index (χ2n) is 3.31. The predicted octanol–water partition coefficient (Wildman–Crippen LogP) is 3.20. The van der Waals surface area contributed by atoms with Gasteiger partial charge in [-0.05, 0) is 4.93 Å². The first kappa shape index (κ1) is 17.8. The number of hydrogen-bond donors (Lipinski definition) is 1. The molecular formula is C13H21AsINO2. The van der Waals surface area contributed by atoms with Gasteiger partial charge in [-0.1, -0.05) is 22.6 Å². The van der Waals surface area contributed by atoms with Crippen LogP contribution in [-0.2, 0) is 0 Å². The van der Waals surface area contributed by atoms with Crippen molar-refractivity contribution in [1.29, 1.82) is 0 Å². The number of amides is 1. The summed E-state index contributed by atoms with van der Waals surface area (Å²) in [6.07, 6.45) is -0.413. The first-order chi connectivity index (χ1) is 8.71. The van der Waals surface area contributed by atoms with Crippen molar-refractivity contribution < 1.29 is 9.53 Å². The summed E-state index contributed by atoms with van der Waals surface area (Å²) in [5.74, 6) is 0.637. The van der Waals surface area contributed by atoms with Crippen LogP contribution in [-0.4, -0.2) is 32.7 Å². The second-order valence-corrected chi connectivity index (χ2v) is 9.31. The van der Waals surface area contributed by atoms with Crippen molar-refractivity contribution in [3.63, 3.8) is 0 Å². The van der Waals surface area contributed by atoms with Gasteiger partial charge >= 0.3 is 101 Å². The quantitative estimate of drug-likeness (QED) is 0.458. The van der Waals surface area contributed by atoms with Gasteiger partial charge in [0, 0.05) is 0 Å². The van der Waals surface area contributed by atoms with Crippen molar-refractivity contribution in [2.75, 3.05) is 12.0 Å². The third kappa shape index (κ3) is 6.09. The van der Waals surface area contributed by atoms with Crippen LogP contribution >= 0.6 is 22.6 Å². The molecule has 0 saturated heterocycles. The van der Waals surface area contributed by atoms with Crippen LogP contribution in [0.3, 0.4) is 0 Å². The minimum absolute atomic E-state index is 0.413. The number of carbonyl (C=O) groups is 1. The van der Waals surface area contributed by atoms with Crippen molar-refractivity contribution in [3.05, 3.63) is 24.3 Å². The van der Waals surface area contributed by atoms with Crippen molar-refractivity contribution in [3.8, 4) is 5.75 Å². The summed E-state index contributed by atoms with van der Waals surface area (Å²) in [5.41, 5.74) is 0. The van der Waals surface area contributed by atoms with Crippen LogP contribution in [0.25, 0.3) is 0 Å².